The zero-order valence-electron chi connectivity index (χ0n) is 13.4. The molecule has 0 aliphatic carbocycles. The van der Waals surface area contributed by atoms with Crippen LogP contribution in [0.25, 0.3) is 11.1 Å². The standard InChI is InChI=1S/C19H24N/c1-12(2)16-9-17(13(3)4)11-19(10-16)18-7-14(5)20-15(6)8-18/h7-8,10-13H,1-6H3. The highest BCUT2D eigenvalue weighted by Gasteiger charge is 2.10. The second-order valence-corrected chi connectivity index (χ2v) is 6.23. The van der Waals surface area contributed by atoms with Gasteiger partial charge in [0.25, 0.3) is 0 Å². The molecule has 105 valence electrons. The van der Waals surface area contributed by atoms with Gasteiger partial charge in [0.15, 0.2) is 0 Å². The van der Waals surface area contributed by atoms with Gasteiger partial charge in [-0.1, -0.05) is 39.8 Å². The van der Waals surface area contributed by atoms with Crippen molar-refractivity contribution in [3.63, 3.8) is 0 Å². The number of nitrogens with zero attached hydrogens (tertiary/aromatic N) is 1. The molecule has 0 N–H and O–H groups in total. The first kappa shape index (κ1) is 14.8. The molecule has 1 heteroatoms. The average Bonchev–Trinajstić information content (AvgIpc) is 2.36. The van der Waals surface area contributed by atoms with Gasteiger partial charge in [-0.2, -0.15) is 0 Å². The van der Waals surface area contributed by atoms with Crippen LogP contribution in [0.3, 0.4) is 0 Å². The highest BCUT2D eigenvalue weighted by molar-refractivity contribution is 5.66. The Morgan fingerprint density at radius 1 is 0.750 bits per heavy atom. The summed E-state index contributed by atoms with van der Waals surface area (Å²) in [4.78, 5) is 4.47. The van der Waals surface area contributed by atoms with Gasteiger partial charge in [-0.05, 0) is 66.1 Å². The molecular weight excluding hydrogens is 242 g/mol. The predicted molar refractivity (Wildman–Crippen MR) is 86.2 cm³/mol. The molecule has 0 saturated heterocycles. The molecule has 0 atom stereocenters. The molecule has 1 radical (unpaired) electrons. The van der Waals surface area contributed by atoms with E-state index in [1.165, 1.54) is 22.3 Å². The van der Waals surface area contributed by atoms with Crippen LogP contribution < -0.4 is 0 Å². The Kier molecular flexibility index (Phi) is 4.27. The largest absolute Gasteiger partial charge is 0.258 e. The van der Waals surface area contributed by atoms with Crippen molar-refractivity contribution in [1.29, 1.82) is 0 Å². The van der Waals surface area contributed by atoms with E-state index in [0.29, 0.717) is 11.8 Å². The molecule has 1 aromatic heterocycles. The summed E-state index contributed by atoms with van der Waals surface area (Å²) >= 11 is 0. The summed E-state index contributed by atoms with van der Waals surface area (Å²) in [6.45, 7) is 13.0. The lowest BCUT2D eigenvalue weighted by Crippen LogP contribution is -1.96. The van der Waals surface area contributed by atoms with Crippen molar-refractivity contribution in [3.8, 4) is 11.1 Å². The Balaban J connectivity index is 2.60. The third kappa shape index (κ3) is 3.27. The van der Waals surface area contributed by atoms with E-state index < -0.39 is 0 Å². The minimum absolute atomic E-state index is 0.497. The number of aromatic nitrogens is 1. The van der Waals surface area contributed by atoms with Crippen molar-refractivity contribution in [1.82, 2.24) is 4.98 Å². The van der Waals surface area contributed by atoms with Crippen molar-refractivity contribution in [2.24, 2.45) is 0 Å². The normalized spacial score (nSPS) is 11.4. The van der Waals surface area contributed by atoms with E-state index in [9.17, 15) is 0 Å². The zero-order chi connectivity index (χ0) is 14.9. The molecule has 0 fully saturated rings. The second kappa shape index (κ2) is 5.78. The van der Waals surface area contributed by atoms with Crippen LogP contribution in [0.2, 0.25) is 0 Å². The Hall–Kier alpha value is -1.63. The minimum atomic E-state index is 0.497. The molecule has 20 heavy (non-hydrogen) atoms. The number of pyridine rings is 1. The minimum Gasteiger partial charge on any atom is -0.258 e. The van der Waals surface area contributed by atoms with E-state index in [4.69, 9.17) is 0 Å². The number of rotatable bonds is 3. The Labute approximate surface area is 123 Å². The van der Waals surface area contributed by atoms with E-state index in [2.05, 4.69) is 76.9 Å². The molecule has 1 aromatic carbocycles. The summed E-state index contributed by atoms with van der Waals surface area (Å²) in [6, 6.07) is 12.4. The Morgan fingerprint density at radius 2 is 1.15 bits per heavy atom. The lowest BCUT2D eigenvalue weighted by Gasteiger charge is -2.14. The lowest BCUT2D eigenvalue weighted by atomic mass is 9.91. The van der Waals surface area contributed by atoms with Crippen molar-refractivity contribution in [3.05, 3.63) is 52.8 Å². The van der Waals surface area contributed by atoms with Gasteiger partial charge in [0.1, 0.15) is 0 Å². The Morgan fingerprint density at radius 3 is 1.55 bits per heavy atom. The SMILES string of the molecule is Cc1cc(-c2cc(C(C)C)[c]c(C(C)C)c2)cc(C)n1. The molecular formula is C19H24N. The van der Waals surface area contributed by atoms with Crippen LogP contribution in [-0.2, 0) is 0 Å². The first-order valence-corrected chi connectivity index (χ1v) is 7.39. The van der Waals surface area contributed by atoms with Gasteiger partial charge in [0, 0.05) is 11.4 Å². The molecule has 0 spiro atoms. The van der Waals surface area contributed by atoms with Crippen molar-refractivity contribution in [2.45, 2.75) is 53.4 Å². The zero-order valence-corrected chi connectivity index (χ0v) is 13.4. The van der Waals surface area contributed by atoms with E-state index >= 15 is 0 Å². The molecule has 0 unspecified atom stereocenters. The quantitative estimate of drug-likeness (QED) is 0.723. The van der Waals surface area contributed by atoms with E-state index in [0.717, 1.165) is 11.4 Å². The first-order chi connectivity index (χ1) is 9.36. The van der Waals surface area contributed by atoms with Crippen LogP contribution >= 0.6 is 0 Å². The van der Waals surface area contributed by atoms with Gasteiger partial charge in [-0.3, -0.25) is 4.98 Å². The summed E-state index contributed by atoms with van der Waals surface area (Å²) in [7, 11) is 0. The summed E-state index contributed by atoms with van der Waals surface area (Å²) in [5, 5.41) is 0. The third-order valence-corrected chi connectivity index (χ3v) is 3.57. The predicted octanol–water partition coefficient (Wildman–Crippen LogP) is 5.41. The van der Waals surface area contributed by atoms with E-state index in [-0.39, 0.29) is 0 Å². The van der Waals surface area contributed by atoms with Crippen LogP contribution in [0.15, 0.2) is 24.3 Å². The fraction of sp³-hybridized carbons (Fsp3) is 0.421. The number of aryl methyl sites for hydroxylation is 2. The van der Waals surface area contributed by atoms with Crippen molar-refractivity contribution in [2.75, 3.05) is 0 Å². The molecule has 2 aromatic rings. The third-order valence-electron chi connectivity index (χ3n) is 3.57. The summed E-state index contributed by atoms with van der Waals surface area (Å²) in [5.41, 5.74) is 7.27. The van der Waals surface area contributed by atoms with Gasteiger partial charge in [-0.25, -0.2) is 0 Å². The van der Waals surface area contributed by atoms with E-state index in [1.807, 2.05) is 0 Å². The molecule has 1 nitrogen and oxygen atoms in total. The van der Waals surface area contributed by atoms with Crippen LogP contribution in [0.4, 0.5) is 0 Å². The van der Waals surface area contributed by atoms with Crippen LogP contribution in [0.1, 0.15) is 62.0 Å². The fourth-order valence-electron chi connectivity index (χ4n) is 2.41. The van der Waals surface area contributed by atoms with Crippen LogP contribution in [0.5, 0.6) is 0 Å². The van der Waals surface area contributed by atoms with Crippen LogP contribution in [-0.4, -0.2) is 4.98 Å². The van der Waals surface area contributed by atoms with Gasteiger partial charge >= 0.3 is 0 Å². The second-order valence-electron chi connectivity index (χ2n) is 6.23. The molecule has 0 aliphatic heterocycles. The van der Waals surface area contributed by atoms with Gasteiger partial charge in [0.2, 0.25) is 0 Å². The number of hydrogen-bond donors (Lipinski definition) is 0. The average molecular weight is 266 g/mol. The molecule has 0 bridgehead atoms. The summed E-state index contributed by atoms with van der Waals surface area (Å²) < 4.78 is 0. The van der Waals surface area contributed by atoms with Crippen molar-refractivity contribution < 1.29 is 0 Å². The van der Waals surface area contributed by atoms with Gasteiger partial charge in [-0.15, -0.1) is 0 Å². The highest BCUT2D eigenvalue weighted by Crippen LogP contribution is 2.29. The highest BCUT2D eigenvalue weighted by atomic mass is 14.7. The molecule has 0 amide bonds. The Bertz CT molecular complexity index is 563. The van der Waals surface area contributed by atoms with Crippen molar-refractivity contribution >= 4 is 0 Å². The number of benzene rings is 1. The van der Waals surface area contributed by atoms with Crippen LogP contribution in [0, 0.1) is 19.9 Å². The fourth-order valence-corrected chi connectivity index (χ4v) is 2.41. The topological polar surface area (TPSA) is 12.9 Å². The smallest absolute Gasteiger partial charge is 0.0382 e. The maximum absolute atomic E-state index is 4.47. The molecule has 1 heterocycles. The summed E-state index contributed by atoms with van der Waals surface area (Å²) in [5.74, 6) is 0.993. The van der Waals surface area contributed by atoms with E-state index in [1.54, 1.807) is 0 Å². The maximum atomic E-state index is 4.47. The lowest BCUT2D eigenvalue weighted by molar-refractivity contribution is 0.831. The number of hydrogen-bond acceptors (Lipinski definition) is 1. The van der Waals surface area contributed by atoms with Gasteiger partial charge in [0.05, 0.1) is 0 Å². The van der Waals surface area contributed by atoms with Gasteiger partial charge < -0.3 is 0 Å². The molecule has 2 rings (SSSR count). The molecule has 0 saturated carbocycles. The molecule has 0 aliphatic rings. The first-order valence-electron chi connectivity index (χ1n) is 7.39. The summed E-state index contributed by atoms with van der Waals surface area (Å²) in [6.07, 6.45) is 0. The monoisotopic (exact) mass is 266 g/mol. The maximum Gasteiger partial charge on any atom is 0.0382 e.